The molecule has 0 saturated carbocycles. The molecule has 0 heterocycles. The van der Waals surface area contributed by atoms with Gasteiger partial charge in [0.1, 0.15) is 6.10 Å². The third-order valence-corrected chi connectivity index (χ3v) is 13.1. The van der Waals surface area contributed by atoms with Gasteiger partial charge in [-0.25, -0.2) is 0 Å². The van der Waals surface area contributed by atoms with Gasteiger partial charge in [0, 0.05) is 6.42 Å². The quantitative estimate of drug-likeness (QED) is 0.0321. The van der Waals surface area contributed by atoms with Crippen molar-refractivity contribution in [2.24, 2.45) is 0 Å². The highest BCUT2D eigenvalue weighted by Crippen LogP contribution is 2.18. The fourth-order valence-corrected chi connectivity index (χ4v) is 8.71. The van der Waals surface area contributed by atoms with Gasteiger partial charge in [-0.05, 0) is 89.9 Å². The van der Waals surface area contributed by atoms with Crippen LogP contribution in [0.5, 0.6) is 0 Å². The molecule has 390 valence electrons. The van der Waals surface area contributed by atoms with Crippen LogP contribution in [0.2, 0.25) is 0 Å². The summed E-state index contributed by atoms with van der Waals surface area (Å²) in [6.45, 7) is 6.36. The maximum Gasteiger partial charge on any atom is 0.306 e. The Morgan fingerprint density at radius 2 is 0.806 bits per heavy atom. The Labute approximate surface area is 416 Å². The zero-order valence-electron chi connectivity index (χ0n) is 44.5. The number of aliphatic hydroxyl groups excluding tert-OH is 2. The van der Waals surface area contributed by atoms with Gasteiger partial charge in [-0.1, -0.05) is 248 Å². The van der Waals surface area contributed by atoms with Crippen LogP contribution >= 0.6 is 0 Å². The minimum atomic E-state index is -0.800. The fraction of sp³-hybridized carbons (Fsp3) is 0.803. The van der Waals surface area contributed by atoms with E-state index in [1.54, 1.807) is 0 Å². The molecule has 0 aliphatic heterocycles. The summed E-state index contributed by atoms with van der Waals surface area (Å²) < 4.78 is 5.93. The molecule has 3 atom stereocenters. The molecule has 0 radical (unpaired) electrons. The van der Waals surface area contributed by atoms with E-state index < -0.39 is 18.2 Å². The highest BCUT2D eigenvalue weighted by molar-refractivity contribution is 5.77. The van der Waals surface area contributed by atoms with Crippen molar-refractivity contribution in [3.05, 3.63) is 60.8 Å². The highest BCUT2D eigenvalue weighted by atomic mass is 16.5. The van der Waals surface area contributed by atoms with Crippen LogP contribution in [-0.4, -0.2) is 46.9 Å². The van der Waals surface area contributed by atoms with Crippen LogP contribution in [-0.2, 0) is 14.3 Å². The number of carbonyl (C=O) groups excluding carboxylic acids is 2. The van der Waals surface area contributed by atoms with Gasteiger partial charge in [0.15, 0.2) is 0 Å². The first-order chi connectivity index (χ1) is 33.0. The Morgan fingerprint density at radius 3 is 1.27 bits per heavy atom. The number of amides is 1. The summed E-state index contributed by atoms with van der Waals surface area (Å²) in [5, 5.41) is 23.9. The van der Waals surface area contributed by atoms with Crippen molar-refractivity contribution in [3.63, 3.8) is 0 Å². The van der Waals surface area contributed by atoms with Gasteiger partial charge >= 0.3 is 5.97 Å². The molecule has 3 N–H and O–H groups in total. The second kappa shape index (κ2) is 54.5. The summed E-state index contributed by atoms with van der Waals surface area (Å²) in [6.07, 6.45) is 68.6. The molecule has 1 amide bonds. The summed E-state index contributed by atoms with van der Waals surface area (Å²) in [4.78, 5) is 26.2. The summed E-state index contributed by atoms with van der Waals surface area (Å²) in [6, 6.07) is -0.716. The molecule has 0 aromatic rings. The van der Waals surface area contributed by atoms with E-state index in [0.717, 1.165) is 83.5 Å². The molecule has 0 saturated heterocycles. The van der Waals surface area contributed by atoms with E-state index in [0.29, 0.717) is 19.3 Å². The number of allylic oxidation sites excluding steroid dienone is 10. The summed E-state index contributed by atoms with van der Waals surface area (Å²) >= 11 is 0. The Morgan fingerprint density at radius 1 is 0.448 bits per heavy atom. The smallest absolute Gasteiger partial charge is 0.306 e. The van der Waals surface area contributed by atoms with Crippen molar-refractivity contribution < 1.29 is 24.5 Å². The van der Waals surface area contributed by atoms with E-state index in [2.05, 4.69) is 86.8 Å². The first kappa shape index (κ1) is 64.6. The molecular weight excluding hydrogens is 827 g/mol. The minimum Gasteiger partial charge on any atom is -0.462 e. The van der Waals surface area contributed by atoms with Crippen molar-refractivity contribution in [1.82, 2.24) is 5.32 Å². The number of hydrogen-bond donors (Lipinski definition) is 3. The van der Waals surface area contributed by atoms with Gasteiger partial charge in [0.2, 0.25) is 5.91 Å². The Bertz CT molecular complexity index is 1190. The summed E-state index contributed by atoms with van der Waals surface area (Å²) in [5.74, 6) is -0.510. The van der Waals surface area contributed by atoms with Crippen molar-refractivity contribution in [3.8, 4) is 0 Å². The molecule has 6 nitrogen and oxygen atoms in total. The van der Waals surface area contributed by atoms with Gasteiger partial charge in [0.05, 0.1) is 25.2 Å². The van der Waals surface area contributed by atoms with Gasteiger partial charge in [-0.3, -0.25) is 9.59 Å². The molecule has 3 unspecified atom stereocenters. The SMILES string of the molecule is CC/C=C/C/C=C/C/C=C/CCCCC(CC(=O)NC(CO)C(O)CCCCCCCCCCCCCCCCCCC)OC(=O)CCCCCCCCCCC/C=C\C/C=C\CCCCC. The molecule has 0 aromatic heterocycles. The van der Waals surface area contributed by atoms with Crippen molar-refractivity contribution in [2.45, 2.75) is 309 Å². The van der Waals surface area contributed by atoms with Crippen LogP contribution in [0, 0.1) is 0 Å². The lowest BCUT2D eigenvalue weighted by atomic mass is 10.0. The van der Waals surface area contributed by atoms with E-state index in [4.69, 9.17) is 4.74 Å². The first-order valence-corrected chi connectivity index (χ1v) is 29.0. The van der Waals surface area contributed by atoms with Gasteiger partial charge < -0.3 is 20.3 Å². The zero-order chi connectivity index (χ0) is 48.8. The van der Waals surface area contributed by atoms with Gasteiger partial charge in [0.25, 0.3) is 0 Å². The summed E-state index contributed by atoms with van der Waals surface area (Å²) in [5.41, 5.74) is 0. The van der Waals surface area contributed by atoms with Gasteiger partial charge in [-0.15, -0.1) is 0 Å². The van der Waals surface area contributed by atoms with E-state index >= 15 is 0 Å². The van der Waals surface area contributed by atoms with E-state index in [9.17, 15) is 19.8 Å². The number of ether oxygens (including phenoxy) is 1. The Balaban J connectivity index is 4.50. The largest absolute Gasteiger partial charge is 0.462 e. The molecule has 0 aliphatic rings. The molecular formula is C61H111NO5. The average molecular weight is 939 g/mol. The second-order valence-corrected chi connectivity index (χ2v) is 19.7. The van der Waals surface area contributed by atoms with Gasteiger partial charge in [-0.2, -0.15) is 0 Å². The molecule has 0 bridgehead atoms. The Hall–Kier alpha value is -2.44. The number of esters is 1. The lowest BCUT2D eigenvalue weighted by Crippen LogP contribution is -2.46. The molecule has 0 aromatic carbocycles. The predicted octanol–water partition coefficient (Wildman–Crippen LogP) is 18.0. The first-order valence-electron chi connectivity index (χ1n) is 29.0. The van der Waals surface area contributed by atoms with E-state index in [1.165, 1.54) is 161 Å². The number of hydrogen-bond acceptors (Lipinski definition) is 5. The number of aliphatic hydroxyl groups is 2. The number of unbranched alkanes of at least 4 members (excludes halogenated alkanes) is 30. The normalized spacial score (nSPS) is 13.6. The van der Waals surface area contributed by atoms with Crippen LogP contribution in [0.4, 0.5) is 0 Å². The summed E-state index contributed by atoms with van der Waals surface area (Å²) in [7, 11) is 0. The van der Waals surface area contributed by atoms with Crippen molar-refractivity contribution in [1.29, 1.82) is 0 Å². The van der Waals surface area contributed by atoms with E-state index in [1.807, 2.05) is 0 Å². The lowest BCUT2D eigenvalue weighted by Gasteiger charge is -2.24. The van der Waals surface area contributed by atoms with Crippen LogP contribution in [0.25, 0.3) is 0 Å². The molecule has 67 heavy (non-hydrogen) atoms. The second-order valence-electron chi connectivity index (χ2n) is 19.7. The standard InChI is InChI=1S/C61H111NO5/c1-4-7-10-13-16-19-22-25-27-29-30-32-34-36-39-42-45-48-51-54-61(66)67-57(52-49-46-43-40-37-24-21-18-15-12-9-6-3)55-60(65)62-58(56-63)59(64)53-50-47-44-41-38-35-33-31-28-26-23-20-17-14-11-8-5-2/h9,12,16,18-19,21,25,27,37,40,57-59,63-64H,4-8,10-11,13-15,17,20,22-24,26,28-36,38-39,41-56H2,1-3H3,(H,62,65)/b12-9+,19-16-,21-18+,27-25-,40-37+. The van der Waals surface area contributed by atoms with Crippen molar-refractivity contribution in [2.75, 3.05) is 6.61 Å². The predicted molar refractivity (Wildman–Crippen MR) is 292 cm³/mol. The molecule has 0 aliphatic carbocycles. The van der Waals surface area contributed by atoms with Crippen LogP contribution in [0.3, 0.4) is 0 Å². The Kier molecular flexibility index (Phi) is 52.5. The number of carbonyl (C=O) groups is 2. The maximum atomic E-state index is 13.3. The van der Waals surface area contributed by atoms with E-state index in [-0.39, 0.29) is 24.9 Å². The molecule has 6 heteroatoms. The molecule has 0 fully saturated rings. The molecule has 0 spiro atoms. The number of nitrogens with one attached hydrogen (secondary N) is 1. The van der Waals surface area contributed by atoms with Crippen molar-refractivity contribution >= 4 is 11.9 Å². The maximum absolute atomic E-state index is 13.3. The van der Waals surface area contributed by atoms with Crippen LogP contribution < -0.4 is 5.32 Å². The highest BCUT2D eigenvalue weighted by Gasteiger charge is 2.24. The fourth-order valence-electron chi connectivity index (χ4n) is 8.71. The van der Waals surface area contributed by atoms with Crippen LogP contribution in [0.1, 0.15) is 290 Å². The zero-order valence-corrected chi connectivity index (χ0v) is 44.5. The monoisotopic (exact) mass is 938 g/mol. The molecule has 0 rings (SSSR count). The third-order valence-electron chi connectivity index (χ3n) is 13.1. The number of rotatable bonds is 52. The topological polar surface area (TPSA) is 95.9 Å². The minimum absolute atomic E-state index is 0.0496. The van der Waals surface area contributed by atoms with Crippen LogP contribution in [0.15, 0.2) is 60.8 Å². The third kappa shape index (κ3) is 49.8. The average Bonchev–Trinajstić information content (AvgIpc) is 3.32. The lowest BCUT2D eigenvalue weighted by molar-refractivity contribution is -0.151.